The number of hydrogen-bond acceptors (Lipinski definition) is 4. The van der Waals surface area contributed by atoms with Crippen molar-refractivity contribution in [2.45, 2.75) is 0 Å². The average Bonchev–Trinajstić information content (AvgIpc) is 2.63. The summed E-state index contributed by atoms with van der Waals surface area (Å²) in [5.74, 6) is 0.493. The Labute approximate surface area is 91.6 Å². The van der Waals surface area contributed by atoms with E-state index in [1.165, 1.54) is 4.52 Å². The van der Waals surface area contributed by atoms with Gasteiger partial charge in [-0.25, -0.2) is 9.50 Å². The highest BCUT2D eigenvalue weighted by Crippen LogP contribution is 2.15. The number of ether oxygens (including phenoxy) is 2. The van der Waals surface area contributed by atoms with E-state index in [-0.39, 0.29) is 0 Å². The Hall–Kier alpha value is -1.33. The van der Waals surface area contributed by atoms with Crippen molar-refractivity contribution in [3.8, 4) is 5.88 Å². The monoisotopic (exact) mass is 227 g/mol. The van der Waals surface area contributed by atoms with Crippen LogP contribution in [0.1, 0.15) is 0 Å². The predicted octanol–water partition coefficient (Wildman–Crippen LogP) is 1.41. The van der Waals surface area contributed by atoms with E-state index in [1.54, 1.807) is 25.4 Å². The third-order valence-electron chi connectivity index (χ3n) is 1.83. The molecule has 0 aliphatic rings. The van der Waals surface area contributed by atoms with Gasteiger partial charge in [0.2, 0.25) is 5.88 Å². The van der Waals surface area contributed by atoms with Crippen molar-refractivity contribution in [3.63, 3.8) is 0 Å². The van der Waals surface area contributed by atoms with Gasteiger partial charge in [0.05, 0.1) is 6.61 Å². The van der Waals surface area contributed by atoms with Crippen LogP contribution in [0.4, 0.5) is 0 Å². The molecule has 0 unspecified atom stereocenters. The van der Waals surface area contributed by atoms with Crippen LogP contribution in [0.25, 0.3) is 5.65 Å². The summed E-state index contributed by atoms with van der Waals surface area (Å²) in [6, 6.07) is 3.39. The van der Waals surface area contributed by atoms with E-state index in [1.807, 2.05) is 0 Å². The molecule has 0 amide bonds. The molecule has 6 heteroatoms. The summed E-state index contributed by atoms with van der Waals surface area (Å²) in [6.45, 7) is 0.979. The third kappa shape index (κ3) is 2.19. The first kappa shape index (κ1) is 10.2. The molecule has 0 saturated heterocycles. The zero-order valence-electron chi connectivity index (χ0n) is 8.18. The van der Waals surface area contributed by atoms with Crippen molar-refractivity contribution in [1.82, 2.24) is 14.6 Å². The van der Waals surface area contributed by atoms with Crippen LogP contribution in [0.15, 0.2) is 18.3 Å². The Bertz CT molecular complexity index is 458. The lowest BCUT2D eigenvalue weighted by Gasteiger charge is -1.99. The van der Waals surface area contributed by atoms with Gasteiger partial charge in [0.25, 0.3) is 0 Å². The molecule has 2 heterocycles. The molecule has 2 aromatic heterocycles. The largest absolute Gasteiger partial charge is 0.474 e. The van der Waals surface area contributed by atoms with Crippen LogP contribution in [0.2, 0.25) is 5.15 Å². The van der Waals surface area contributed by atoms with Crippen molar-refractivity contribution in [2.24, 2.45) is 0 Å². The summed E-state index contributed by atoms with van der Waals surface area (Å²) < 4.78 is 11.7. The molecule has 0 bridgehead atoms. The molecule has 0 aliphatic carbocycles. The highest BCUT2D eigenvalue weighted by molar-refractivity contribution is 6.29. The molecule has 2 aromatic rings. The standard InChI is InChI=1S/C9H10ClN3O2/c1-14-4-5-15-9-6-8-11-3-2-7(10)13(8)12-9/h2-3,6H,4-5H2,1H3. The first-order valence-corrected chi connectivity index (χ1v) is 4.81. The SMILES string of the molecule is COCCOc1cc2nccc(Cl)n2n1. The lowest BCUT2D eigenvalue weighted by Crippen LogP contribution is -2.04. The van der Waals surface area contributed by atoms with Crippen LogP contribution in [0.3, 0.4) is 0 Å². The number of methoxy groups -OCH3 is 1. The van der Waals surface area contributed by atoms with Crippen LogP contribution in [-0.2, 0) is 4.74 Å². The summed E-state index contributed by atoms with van der Waals surface area (Å²) in [5, 5.41) is 4.63. The molecule has 15 heavy (non-hydrogen) atoms. The van der Waals surface area contributed by atoms with E-state index in [0.717, 1.165) is 0 Å². The quantitative estimate of drug-likeness (QED) is 0.585. The van der Waals surface area contributed by atoms with Crippen LogP contribution in [-0.4, -0.2) is 34.9 Å². The fourth-order valence-corrected chi connectivity index (χ4v) is 1.33. The van der Waals surface area contributed by atoms with Gasteiger partial charge >= 0.3 is 0 Å². The molecule has 2 rings (SSSR count). The summed E-state index contributed by atoms with van der Waals surface area (Å²) in [6.07, 6.45) is 1.62. The van der Waals surface area contributed by atoms with Gasteiger partial charge in [-0.2, -0.15) is 0 Å². The Morgan fingerprint density at radius 2 is 2.33 bits per heavy atom. The maximum atomic E-state index is 5.91. The van der Waals surface area contributed by atoms with Crippen LogP contribution < -0.4 is 4.74 Å². The van der Waals surface area contributed by atoms with E-state index in [0.29, 0.717) is 29.9 Å². The minimum Gasteiger partial charge on any atom is -0.474 e. The second-order valence-corrected chi connectivity index (χ2v) is 3.25. The van der Waals surface area contributed by atoms with Gasteiger partial charge in [-0.15, -0.1) is 5.10 Å². The Kier molecular flexibility index (Phi) is 3.03. The van der Waals surface area contributed by atoms with Gasteiger partial charge in [-0.1, -0.05) is 11.6 Å². The lowest BCUT2D eigenvalue weighted by atomic mass is 10.6. The predicted molar refractivity (Wildman–Crippen MR) is 55.4 cm³/mol. The van der Waals surface area contributed by atoms with Gasteiger partial charge in [0.15, 0.2) is 5.65 Å². The lowest BCUT2D eigenvalue weighted by molar-refractivity contribution is 0.143. The molecular formula is C9H10ClN3O2. The Morgan fingerprint density at radius 1 is 1.47 bits per heavy atom. The van der Waals surface area contributed by atoms with Crippen molar-refractivity contribution >= 4 is 17.2 Å². The minimum atomic E-state index is 0.456. The highest BCUT2D eigenvalue weighted by atomic mass is 35.5. The smallest absolute Gasteiger partial charge is 0.235 e. The molecule has 0 N–H and O–H groups in total. The zero-order valence-corrected chi connectivity index (χ0v) is 8.94. The van der Waals surface area contributed by atoms with Crippen LogP contribution in [0.5, 0.6) is 5.88 Å². The van der Waals surface area contributed by atoms with Gasteiger partial charge in [0.1, 0.15) is 11.8 Å². The number of halogens is 1. The van der Waals surface area contributed by atoms with Gasteiger partial charge in [-0.3, -0.25) is 0 Å². The fraction of sp³-hybridized carbons (Fsp3) is 0.333. The maximum absolute atomic E-state index is 5.91. The number of aromatic nitrogens is 3. The first-order valence-electron chi connectivity index (χ1n) is 4.43. The molecule has 0 fully saturated rings. The van der Waals surface area contributed by atoms with E-state index >= 15 is 0 Å². The van der Waals surface area contributed by atoms with Crippen LogP contribution in [0, 0.1) is 0 Å². The Morgan fingerprint density at radius 3 is 3.07 bits per heavy atom. The maximum Gasteiger partial charge on any atom is 0.235 e. The summed E-state index contributed by atoms with van der Waals surface area (Å²) in [7, 11) is 1.62. The molecule has 0 spiro atoms. The number of hydrogen-bond donors (Lipinski definition) is 0. The summed E-state index contributed by atoms with van der Waals surface area (Å²) in [5.41, 5.74) is 0.662. The third-order valence-corrected chi connectivity index (χ3v) is 2.11. The molecule has 0 atom stereocenters. The molecule has 80 valence electrons. The molecule has 0 saturated carbocycles. The summed E-state index contributed by atoms with van der Waals surface area (Å²) in [4.78, 5) is 4.10. The summed E-state index contributed by atoms with van der Waals surface area (Å²) >= 11 is 5.91. The molecule has 0 aliphatic heterocycles. The van der Waals surface area contributed by atoms with E-state index in [2.05, 4.69) is 10.1 Å². The average molecular weight is 228 g/mol. The van der Waals surface area contributed by atoms with Gasteiger partial charge < -0.3 is 9.47 Å². The zero-order chi connectivity index (χ0) is 10.7. The molecule has 0 radical (unpaired) electrons. The number of fused-ring (bicyclic) bond motifs is 1. The van der Waals surface area contributed by atoms with E-state index in [4.69, 9.17) is 21.1 Å². The van der Waals surface area contributed by atoms with Gasteiger partial charge in [-0.05, 0) is 6.07 Å². The van der Waals surface area contributed by atoms with Crippen LogP contribution >= 0.6 is 11.6 Å². The van der Waals surface area contributed by atoms with Crippen molar-refractivity contribution in [2.75, 3.05) is 20.3 Å². The molecule has 0 aromatic carbocycles. The van der Waals surface area contributed by atoms with Crippen molar-refractivity contribution in [1.29, 1.82) is 0 Å². The first-order chi connectivity index (χ1) is 7.31. The van der Waals surface area contributed by atoms with E-state index < -0.39 is 0 Å². The Balaban J connectivity index is 2.20. The second kappa shape index (κ2) is 4.46. The fourth-order valence-electron chi connectivity index (χ4n) is 1.15. The van der Waals surface area contributed by atoms with Crippen molar-refractivity contribution < 1.29 is 9.47 Å². The normalized spacial score (nSPS) is 10.8. The minimum absolute atomic E-state index is 0.456. The van der Waals surface area contributed by atoms with Crippen molar-refractivity contribution in [3.05, 3.63) is 23.5 Å². The van der Waals surface area contributed by atoms with Gasteiger partial charge in [0, 0.05) is 19.4 Å². The highest BCUT2D eigenvalue weighted by Gasteiger charge is 2.05. The second-order valence-electron chi connectivity index (χ2n) is 2.86. The number of nitrogens with zero attached hydrogens (tertiary/aromatic N) is 3. The topological polar surface area (TPSA) is 48.7 Å². The number of rotatable bonds is 4. The molecule has 5 nitrogen and oxygen atoms in total. The molecular weight excluding hydrogens is 218 g/mol. The van der Waals surface area contributed by atoms with E-state index in [9.17, 15) is 0 Å².